The van der Waals surface area contributed by atoms with Crippen LogP contribution in [-0.2, 0) is 18.4 Å². The van der Waals surface area contributed by atoms with E-state index in [0.717, 1.165) is 37.6 Å². The van der Waals surface area contributed by atoms with Gasteiger partial charge in [0.1, 0.15) is 0 Å². The van der Waals surface area contributed by atoms with Gasteiger partial charge in [-0.15, -0.1) is 17.9 Å². The number of likely N-dealkylation sites (tertiary alicyclic amines) is 2. The molecule has 2 aromatic rings. The van der Waals surface area contributed by atoms with Crippen molar-refractivity contribution in [3.8, 4) is 0 Å². The lowest BCUT2D eigenvalue weighted by Crippen LogP contribution is -2.39. The van der Waals surface area contributed by atoms with Crippen molar-refractivity contribution >= 4 is 17.2 Å². The summed E-state index contributed by atoms with van der Waals surface area (Å²) >= 11 is 1.66. The van der Waals surface area contributed by atoms with Crippen LogP contribution in [0.2, 0.25) is 0 Å². The summed E-state index contributed by atoms with van der Waals surface area (Å²) < 4.78 is 1.83. The second-order valence-electron chi connectivity index (χ2n) is 7.06. The van der Waals surface area contributed by atoms with Crippen LogP contribution in [0.15, 0.2) is 36.6 Å². The fraction of sp³-hybridized carbons (Fsp3) is 0.500. The number of hydrogen-bond donors (Lipinski definition) is 0. The minimum atomic E-state index is -0.344. The average molecular weight is 357 g/mol. The van der Waals surface area contributed by atoms with Gasteiger partial charge in [0, 0.05) is 69.0 Å². The van der Waals surface area contributed by atoms with Gasteiger partial charge in [-0.3, -0.25) is 14.4 Å². The Kier molecular flexibility index (Phi) is 4.21. The number of aryl methyl sites for hydroxylation is 1. The highest BCUT2D eigenvalue weighted by molar-refractivity contribution is 7.09. The number of rotatable bonds is 5. The van der Waals surface area contributed by atoms with E-state index in [1.165, 1.54) is 5.56 Å². The van der Waals surface area contributed by atoms with Crippen LogP contribution in [0.4, 0.5) is 0 Å². The summed E-state index contributed by atoms with van der Waals surface area (Å²) in [5, 5.41) is 7.35. The van der Waals surface area contributed by atoms with Crippen molar-refractivity contribution in [1.82, 2.24) is 24.6 Å². The van der Waals surface area contributed by atoms with E-state index in [2.05, 4.69) is 21.6 Å². The monoisotopic (exact) mass is 357 g/mol. The number of carbonyl (C=O) groups excluding carboxylic acids is 1. The Bertz CT molecular complexity index is 770. The smallest absolute Gasteiger partial charge is 0.231 e. The molecule has 1 amide bonds. The Labute approximate surface area is 151 Å². The van der Waals surface area contributed by atoms with Gasteiger partial charge in [0.05, 0.1) is 16.6 Å². The zero-order valence-corrected chi connectivity index (χ0v) is 15.3. The van der Waals surface area contributed by atoms with E-state index in [0.29, 0.717) is 6.54 Å². The third kappa shape index (κ3) is 2.81. The quantitative estimate of drug-likeness (QED) is 0.767. The molecule has 7 heteroatoms. The molecule has 0 radical (unpaired) electrons. The molecule has 2 aliphatic rings. The van der Waals surface area contributed by atoms with Gasteiger partial charge in [-0.05, 0) is 6.42 Å². The number of thiazole rings is 1. The molecule has 2 aliphatic heterocycles. The first-order chi connectivity index (χ1) is 12.1. The van der Waals surface area contributed by atoms with Gasteiger partial charge in [0.25, 0.3) is 0 Å². The summed E-state index contributed by atoms with van der Waals surface area (Å²) in [5.41, 5.74) is 0.842. The molecular weight excluding hydrogens is 334 g/mol. The summed E-state index contributed by atoms with van der Waals surface area (Å²) in [6.45, 7) is 7.72. The molecule has 6 nitrogen and oxygen atoms in total. The summed E-state index contributed by atoms with van der Waals surface area (Å²) in [4.78, 5) is 22.1. The van der Waals surface area contributed by atoms with Crippen molar-refractivity contribution in [2.24, 2.45) is 12.5 Å². The fourth-order valence-electron chi connectivity index (χ4n) is 4.32. The molecule has 2 saturated heterocycles. The maximum Gasteiger partial charge on any atom is 0.231 e. The molecule has 2 fully saturated rings. The Morgan fingerprint density at radius 3 is 3.08 bits per heavy atom. The number of aromatic nitrogens is 3. The molecule has 0 unspecified atom stereocenters. The lowest BCUT2D eigenvalue weighted by atomic mass is 9.77. The largest absolute Gasteiger partial charge is 0.338 e. The molecule has 0 bridgehead atoms. The van der Waals surface area contributed by atoms with Gasteiger partial charge < -0.3 is 4.90 Å². The number of nitrogens with zero attached hydrogens (tertiary/aromatic N) is 5. The van der Waals surface area contributed by atoms with Crippen LogP contribution >= 0.6 is 11.3 Å². The zero-order chi connectivity index (χ0) is 17.4. The minimum absolute atomic E-state index is 0.173. The van der Waals surface area contributed by atoms with Crippen molar-refractivity contribution in [3.05, 3.63) is 47.2 Å². The van der Waals surface area contributed by atoms with Crippen LogP contribution in [0.25, 0.3) is 0 Å². The first kappa shape index (κ1) is 16.5. The molecule has 4 rings (SSSR count). The molecule has 1 spiro atoms. The molecule has 25 heavy (non-hydrogen) atoms. The van der Waals surface area contributed by atoms with Crippen LogP contribution in [0.5, 0.6) is 0 Å². The fourth-order valence-corrected chi connectivity index (χ4v) is 5.16. The zero-order valence-electron chi connectivity index (χ0n) is 14.5. The van der Waals surface area contributed by atoms with E-state index in [-0.39, 0.29) is 17.2 Å². The first-order valence-electron chi connectivity index (χ1n) is 8.62. The van der Waals surface area contributed by atoms with Crippen LogP contribution < -0.4 is 0 Å². The SMILES string of the molecule is C=CCN1CC[C@]2(CN(Cc3cnn(C)c3)C[C@H]2c2nccs2)C1=O. The first-order valence-corrected chi connectivity index (χ1v) is 9.50. The highest BCUT2D eigenvalue weighted by Crippen LogP contribution is 2.50. The van der Waals surface area contributed by atoms with E-state index in [1.807, 2.05) is 46.7 Å². The molecule has 2 atom stereocenters. The van der Waals surface area contributed by atoms with Gasteiger partial charge in [0.2, 0.25) is 5.91 Å². The van der Waals surface area contributed by atoms with E-state index >= 15 is 0 Å². The van der Waals surface area contributed by atoms with E-state index in [9.17, 15) is 4.79 Å². The summed E-state index contributed by atoms with van der Waals surface area (Å²) in [6.07, 6.45) is 8.51. The molecule has 0 aliphatic carbocycles. The second-order valence-corrected chi connectivity index (χ2v) is 7.99. The van der Waals surface area contributed by atoms with Crippen LogP contribution in [-0.4, -0.2) is 56.7 Å². The van der Waals surface area contributed by atoms with Crippen molar-refractivity contribution in [3.63, 3.8) is 0 Å². The molecule has 0 N–H and O–H groups in total. The lowest BCUT2D eigenvalue weighted by Gasteiger charge is -2.27. The molecule has 0 aromatic carbocycles. The van der Waals surface area contributed by atoms with Crippen molar-refractivity contribution in [2.75, 3.05) is 26.2 Å². The molecule has 2 aromatic heterocycles. The molecule has 132 valence electrons. The predicted octanol–water partition coefficient (Wildman–Crippen LogP) is 1.88. The number of carbonyl (C=O) groups is 1. The van der Waals surface area contributed by atoms with Crippen LogP contribution in [0.1, 0.15) is 22.9 Å². The topological polar surface area (TPSA) is 54.3 Å². The third-order valence-corrected chi connectivity index (χ3v) is 6.31. The summed E-state index contributed by atoms with van der Waals surface area (Å²) in [6, 6.07) is 0. The highest BCUT2D eigenvalue weighted by atomic mass is 32.1. The van der Waals surface area contributed by atoms with Crippen molar-refractivity contribution in [1.29, 1.82) is 0 Å². The minimum Gasteiger partial charge on any atom is -0.338 e. The maximum atomic E-state index is 13.2. The van der Waals surface area contributed by atoms with E-state index < -0.39 is 0 Å². The lowest BCUT2D eigenvalue weighted by molar-refractivity contribution is -0.135. The van der Waals surface area contributed by atoms with Gasteiger partial charge >= 0.3 is 0 Å². The van der Waals surface area contributed by atoms with Crippen LogP contribution in [0.3, 0.4) is 0 Å². The van der Waals surface area contributed by atoms with Crippen LogP contribution in [0, 0.1) is 5.41 Å². The van der Waals surface area contributed by atoms with Crippen molar-refractivity contribution < 1.29 is 4.79 Å². The molecular formula is C18H23N5OS. The van der Waals surface area contributed by atoms with Gasteiger partial charge in [-0.2, -0.15) is 5.10 Å². The molecule has 0 saturated carbocycles. The maximum absolute atomic E-state index is 13.2. The Morgan fingerprint density at radius 2 is 2.40 bits per heavy atom. The van der Waals surface area contributed by atoms with E-state index in [4.69, 9.17) is 0 Å². The number of hydrogen-bond acceptors (Lipinski definition) is 5. The standard InChI is InChI=1S/C18H23N5OS/c1-3-6-23-7-4-18(17(23)24)13-22(11-14-9-20-21(2)10-14)12-15(18)16-19-5-8-25-16/h3,5,8-10,15H,1,4,6-7,11-13H2,2H3/t15-,18+/m0/s1. The number of amides is 1. The summed E-state index contributed by atoms with van der Waals surface area (Å²) in [5.74, 6) is 0.438. The Hall–Kier alpha value is -1.99. The average Bonchev–Trinajstić information content (AvgIpc) is 3.35. The Balaban J connectivity index is 1.61. The van der Waals surface area contributed by atoms with Gasteiger partial charge in [-0.1, -0.05) is 6.08 Å². The van der Waals surface area contributed by atoms with Crippen molar-refractivity contribution in [2.45, 2.75) is 18.9 Å². The van der Waals surface area contributed by atoms with Gasteiger partial charge in [0.15, 0.2) is 0 Å². The molecule has 4 heterocycles. The second kappa shape index (κ2) is 6.38. The predicted molar refractivity (Wildman–Crippen MR) is 97.2 cm³/mol. The Morgan fingerprint density at radius 1 is 1.52 bits per heavy atom. The normalized spacial score (nSPS) is 26.8. The van der Waals surface area contributed by atoms with E-state index in [1.54, 1.807) is 11.3 Å². The summed E-state index contributed by atoms with van der Waals surface area (Å²) in [7, 11) is 1.93. The highest BCUT2D eigenvalue weighted by Gasteiger charge is 2.57. The van der Waals surface area contributed by atoms with Gasteiger partial charge in [-0.25, -0.2) is 4.98 Å². The third-order valence-electron chi connectivity index (χ3n) is 5.42.